The lowest BCUT2D eigenvalue weighted by Gasteiger charge is -2.54. The van der Waals surface area contributed by atoms with Gasteiger partial charge in [-0.05, 0) is 56.5 Å². The molecule has 1 heterocycles. The molecule has 2 bridgehead atoms. The Morgan fingerprint density at radius 1 is 1.33 bits per heavy atom. The molecule has 1 aromatic rings. The molecule has 2 aliphatic carbocycles. The number of hydrogen-bond acceptors (Lipinski definition) is 3. The molecule has 4 rings (SSSR count). The number of fused-ring (bicyclic) bond motifs is 3. The maximum Gasteiger partial charge on any atom is 0.115 e. The number of benzene rings is 1. The highest BCUT2D eigenvalue weighted by molar-refractivity contribution is 5.46. The van der Waals surface area contributed by atoms with Crippen molar-refractivity contribution in [3.63, 3.8) is 0 Å². The number of hydrogen-bond donors (Lipinski definition) is 2. The molecule has 21 heavy (non-hydrogen) atoms. The van der Waals surface area contributed by atoms with Gasteiger partial charge in [-0.15, -0.1) is 0 Å². The normalized spacial score (nSPS) is 38.4. The Morgan fingerprint density at radius 2 is 2.14 bits per heavy atom. The van der Waals surface area contributed by atoms with Crippen molar-refractivity contribution in [2.75, 3.05) is 13.6 Å². The molecule has 0 saturated carbocycles. The van der Waals surface area contributed by atoms with Crippen LogP contribution in [-0.2, 0) is 6.42 Å². The minimum atomic E-state index is -0.412. The molecule has 4 atom stereocenters. The molecule has 0 amide bonds. The molecule has 3 nitrogen and oxygen atoms in total. The summed E-state index contributed by atoms with van der Waals surface area (Å²) in [6.07, 6.45) is 4.81. The van der Waals surface area contributed by atoms with Crippen molar-refractivity contribution in [3.05, 3.63) is 41.0 Å². The molecule has 2 N–H and O–H groups in total. The number of nitrogens with zero attached hydrogens (tertiary/aromatic N) is 1. The first-order valence-electron chi connectivity index (χ1n) is 7.90. The molecule has 0 aromatic heterocycles. The van der Waals surface area contributed by atoms with Crippen LogP contribution >= 0.6 is 0 Å². The quantitative estimate of drug-likeness (QED) is 0.720. The number of likely N-dealkylation sites (tertiary alicyclic amines) is 1. The van der Waals surface area contributed by atoms with Gasteiger partial charge in [-0.2, -0.15) is 0 Å². The first kappa shape index (κ1) is 13.4. The van der Waals surface area contributed by atoms with Crippen molar-refractivity contribution in [1.29, 1.82) is 0 Å². The second-order valence-corrected chi connectivity index (χ2v) is 7.30. The summed E-state index contributed by atoms with van der Waals surface area (Å²) < 4.78 is 0. The monoisotopic (exact) mass is 285 g/mol. The summed E-state index contributed by atoms with van der Waals surface area (Å²) in [5.74, 6) is 0.437. The summed E-state index contributed by atoms with van der Waals surface area (Å²) in [6.45, 7) is 3.34. The number of phenols is 1. The average Bonchev–Trinajstić information content (AvgIpc) is 2.43. The zero-order chi connectivity index (χ0) is 14.8. The molecule has 1 aliphatic heterocycles. The van der Waals surface area contributed by atoms with Crippen LogP contribution in [0.1, 0.15) is 36.8 Å². The summed E-state index contributed by atoms with van der Waals surface area (Å²) in [5.41, 5.74) is 4.09. The topological polar surface area (TPSA) is 43.7 Å². The minimum Gasteiger partial charge on any atom is -0.508 e. The van der Waals surface area contributed by atoms with E-state index in [0.717, 1.165) is 31.4 Å². The van der Waals surface area contributed by atoms with Crippen LogP contribution in [0.2, 0.25) is 0 Å². The fourth-order valence-corrected chi connectivity index (χ4v) is 4.72. The Hall–Kier alpha value is -1.32. The predicted octanol–water partition coefficient (Wildman–Crippen LogP) is 2.43. The van der Waals surface area contributed by atoms with Gasteiger partial charge in [-0.3, -0.25) is 0 Å². The van der Waals surface area contributed by atoms with Crippen LogP contribution in [0.15, 0.2) is 29.8 Å². The largest absolute Gasteiger partial charge is 0.508 e. The Kier molecular flexibility index (Phi) is 2.76. The third-order valence-electron chi connectivity index (χ3n) is 5.95. The van der Waals surface area contributed by atoms with Gasteiger partial charge >= 0.3 is 0 Å². The van der Waals surface area contributed by atoms with E-state index in [4.69, 9.17) is 0 Å². The molecule has 1 spiro atoms. The van der Waals surface area contributed by atoms with E-state index < -0.39 is 6.10 Å². The van der Waals surface area contributed by atoms with Gasteiger partial charge in [0.15, 0.2) is 0 Å². The number of phenolic OH excluding ortho intramolecular Hbond substituents is 1. The molecule has 0 radical (unpaired) electrons. The number of rotatable bonds is 0. The van der Waals surface area contributed by atoms with Gasteiger partial charge in [-0.25, -0.2) is 0 Å². The molecule has 112 valence electrons. The zero-order valence-electron chi connectivity index (χ0n) is 12.7. The molecule has 1 saturated heterocycles. The van der Waals surface area contributed by atoms with E-state index in [0.29, 0.717) is 11.8 Å². The summed E-state index contributed by atoms with van der Waals surface area (Å²) in [5, 5.41) is 20.3. The zero-order valence-corrected chi connectivity index (χ0v) is 12.7. The third kappa shape index (κ3) is 1.87. The van der Waals surface area contributed by atoms with E-state index in [1.807, 2.05) is 12.1 Å². The van der Waals surface area contributed by atoms with Crippen LogP contribution in [0.25, 0.3) is 0 Å². The van der Waals surface area contributed by atoms with Crippen LogP contribution in [-0.4, -0.2) is 40.9 Å². The van der Waals surface area contributed by atoms with Crippen LogP contribution in [0, 0.1) is 5.41 Å². The predicted molar refractivity (Wildman–Crippen MR) is 82.4 cm³/mol. The molecule has 1 fully saturated rings. The number of aliphatic hydroxyl groups is 1. The van der Waals surface area contributed by atoms with Crippen molar-refractivity contribution in [2.24, 2.45) is 5.41 Å². The Morgan fingerprint density at radius 3 is 2.95 bits per heavy atom. The van der Waals surface area contributed by atoms with Crippen LogP contribution in [0.3, 0.4) is 0 Å². The summed E-state index contributed by atoms with van der Waals surface area (Å²) >= 11 is 0. The van der Waals surface area contributed by atoms with Gasteiger partial charge in [0, 0.05) is 23.9 Å². The van der Waals surface area contributed by atoms with Gasteiger partial charge in [0.25, 0.3) is 0 Å². The van der Waals surface area contributed by atoms with Gasteiger partial charge in [0.05, 0.1) is 6.10 Å². The van der Waals surface area contributed by atoms with Crippen LogP contribution in [0.4, 0.5) is 0 Å². The lowest BCUT2D eigenvalue weighted by atomic mass is 9.56. The first-order valence-corrected chi connectivity index (χ1v) is 7.90. The van der Waals surface area contributed by atoms with Crippen LogP contribution in [0.5, 0.6) is 5.75 Å². The number of aromatic hydroxyl groups is 1. The second-order valence-electron chi connectivity index (χ2n) is 7.30. The molecular formula is C18H23NO2. The fraction of sp³-hybridized carbons (Fsp3) is 0.556. The lowest BCUT2D eigenvalue weighted by Crippen LogP contribution is -2.53. The molecule has 1 aromatic carbocycles. The highest BCUT2D eigenvalue weighted by Gasteiger charge is 2.49. The summed E-state index contributed by atoms with van der Waals surface area (Å²) in [6, 6.07) is 6.23. The lowest BCUT2D eigenvalue weighted by molar-refractivity contribution is 0.0593. The van der Waals surface area contributed by atoms with Crippen molar-refractivity contribution in [2.45, 2.75) is 44.2 Å². The SMILES string of the molecule is C[C@H]1CC2=C[C@H](O)[C@H]3C[C@@]2(Cc2ccc(O)cc23)CN1C. The van der Waals surface area contributed by atoms with Gasteiger partial charge < -0.3 is 15.1 Å². The van der Waals surface area contributed by atoms with E-state index in [-0.39, 0.29) is 11.3 Å². The minimum absolute atomic E-state index is 0.131. The smallest absolute Gasteiger partial charge is 0.115 e. The highest BCUT2D eigenvalue weighted by atomic mass is 16.3. The van der Waals surface area contributed by atoms with E-state index in [2.05, 4.69) is 24.9 Å². The molecule has 3 aliphatic rings. The van der Waals surface area contributed by atoms with E-state index >= 15 is 0 Å². The Bertz CT molecular complexity index is 624. The number of piperidine rings is 1. The summed E-state index contributed by atoms with van der Waals surface area (Å²) in [4.78, 5) is 2.46. The van der Waals surface area contributed by atoms with Crippen molar-refractivity contribution < 1.29 is 10.2 Å². The standard InChI is InChI=1S/C18H23NO2/c1-11-5-13-6-17(21)16-9-18(13,10-19(11)2)8-12-3-4-14(20)7-15(12)16/h3-4,6-7,11,16-17,20-21H,5,8-10H2,1-2H3/t11-,16-,17-,18-/m0/s1. The van der Waals surface area contributed by atoms with E-state index in [9.17, 15) is 10.2 Å². The maximum absolute atomic E-state index is 10.6. The van der Waals surface area contributed by atoms with Crippen molar-refractivity contribution in [1.82, 2.24) is 4.90 Å². The van der Waals surface area contributed by atoms with Gasteiger partial charge in [0.1, 0.15) is 5.75 Å². The second kappa shape index (κ2) is 4.34. The number of aliphatic hydroxyl groups excluding tert-OH is 1. The third-order valence-corrected chi connectivity index (χ3v) is 5.95. The summed E-state index contributed by atoms with van der Waals surface area (Å²) in [7, 11) is 2.21. The Balaban J connectivity index is 1.83. The molecule has 3 heteroatoms. The van der Waals surface area contributed by atoms with Crippen molar-refractivity contribution >= 4 is 0 Å². The first-order chi connectivity index (χ1) is 9.98. The maximum atomic E-state index is 10.6. The highest BCUT2D eigenvalue weighted by Crippen LogP contribution is 2.55. The molecule has 0 unspecified atom stereocenters. The molecular weight excluding hydrogens is 262 g/mol. The average molecular weight is 285 g/mol. The van der Waals surface area contributed by atoms with Gasteiger partial charge in [0.2, 0.25) is 0 Å². The van der Waals surface area contributed by atoms with E-state index in [1.54, 1.807) is 6.07 Å². The van der Waals surface area contributed by atoms with Crippen LogP contribution < -0.4 is 0 Å². The van der Waals surface area contributed by atoms with Crippen molar-refractivity contribution in [3.8, 4) is 5.75 Å². The Labute approximate surface area is 125 Å². The van der Waals surface area contributed by atoms with Gasteiger partial charge in [-0.1, -0.05) is 17.7 Å². The fourth-order valence-electron chi connectivity index (χ4n) is 4.72. The van der Waals surface area contributed by atoms with E-state index in [1.165, 1.54) is 11.1 Å².